The second-order valence-corrected chi connectivity index (χ2v) is 10.5. The molecule has 0 atom stereocenters. The lowest BCUT2D eigenvalue weighted by Gasteiger charge is -2.29. The quantitative estimate of drug-likeness (QED) is 0.134. The van der Waals surface area contributed by atoms with Crippen molar-refractivity contribution in [2.45, 2.75) is 31.9 Å². The molecule has 44 heavy (non-hydrogen) atoms. The van der Waals surface area contributed by atoms with Gasteiger partial charge in [-0.15, -0.1) is 0 Å². The largest absolute Gasteiger partial charge is 0.417 e. The van der Waals surface area contributed by atoms with Crippen molar-refractivity contribution in [2.24, 2.45) is 5.10 Å². The van der Waals surface area contributed by atoms with Crippen molar-refractivity contribution in [3.63, 3.8) is 0 Å². The summed E-state index contributed by atoms with van der Waals surface area (Å²) in [5.74, 6) is -1.67. The molecule has 0 bridgehead atoms. The number of benzene rings is 3. The van der Waals surface area contributed by atoms with Crippen LogP contribution in [0, 0.1) is 0 Å². The van der Waals surface area contributed by atoms with Gasteiger partial charge in [0.25, 0.3) is 17.7 Å². The molecule has 0 saturated carbocycles. The van der Waals surface area contributed by atoms with E-state index in [4.69, 9.17) is 16.7 Å². The van der Waals surface area contributed by atoms with Crippen LogP contribution in [0.1, 0.15) is 67.9 Å². The number of anilines is 2. The molecule has 4 N–H and O–H groups in total. The molecule has 1 aliphatic heterocycles. The van der Waals surface area contributed by atoms with Crippen molar-refractivity contribution >= 4 is 46.9 Å². The normalized spacial score (nSPS) is 13.5. The lowest BCUT2D eigenvalue weighted by molar-refractivity contribution is -0.137. The third-order valence-corrected chi connectivity index (χ3v) is 7.23. The highest BCUT2D eigenvalue weighted by Gasteiger charge is 2.33. The Balaban J connectivity index is 1.56. The number of amides is 3. The topological polar surface area (TPSA) is 123 Å². The van der Waals surface area contributed by atoms with E-state index >= 15 is 0 Å². The number of alkyl halides is 3. The summed E-state index contributed by atoms with van der Waals surface area (Å²) in [6, 6.07) is 14.3. The fourth-order valence-electron chi connectivity index (χ4n) is 4.62. The van der Waals surface area contributed by atoms with Crippen LogP contribution < -0.4 is 21.0 Å². The highest BCUT2D eigenvalue weighted by Crippen LogP contribution is 2.35. The highest BCUT2D eigenvalue weighted by molar-refractivity contribution is 6.31. The summed E-state index contributed by atoms with van der Waals surface area (Å²) in [4.78, 5) is 41.0. The van der Waals surface area contributed by atoms with Crippen molar-refractivity contribution in [1.82, 2.24) is 10.7 Å². The Morgan fingerprint density at radius 1 is 0.932 bits per heavy atom. The van der Waals surface area contributed by atoms with E-state index < -0.39 is 34.5 Å². The molecule has 3 aromatic rings. The number of rotatable bonds is 10. The SMILES string of the molecule is O=C(NCCCO)c1cccc(C(=O)Nc2ccc(N3CCCCC3)cc2C(=O)N/N=C/c2ccc(Cl)c(C(F)(F)F)c2)c1. The number of piperidine rings is 1. The van der Waals surface area contributed by atoms with Crippen LogP contribution in [0.2, 0.25) is 5.02 Å². The molecule has 3 aromatic carbocycles. The average molecular weight is 630 g/mol. The maximum Gasteiger partial charge on any atom is 0.417 e. The number of aliphatic hydroxyl groups excluding tert-OH is 1. The molecule has 13 heteroatoms. The van der Waals surface area contributed by atoms with E-state index in [1.54, 1.807) is 30.3 Å². The summed E-state index contributed by atoms with van der Waals surface area (Å²) in [6.07, 6.45) is -0.109. The number of aliphatic hydroxyl groups is 1. The van der Waals surface area contributed by atoms with Gasteiger partial charge in [0.2, 0.25) is 0 Å². The predicted octanol–water partition coefficient (Wildman–Crippen LogP) is 5.48. The first kappa shape index (κ1) is 32.5. The van der Waals surface area contributed by atoms with Gasteiger partial charge in [-0.25, -0.2) is 5.43 Å². The molecule has 1 saturated heterocycles. The highest BCUT2D eigenvalue weighted by atomic mass is 35.5. The van der Waals surface area contributed by atoms with Gasteiger partial charge in [-0.05, 0) is 79.8 Å². The molecular weight excluding hydrogens is 599 g/mol. The Kier molecular flexibility index (Phi) is 11.0. The zero-order valence-electron chi connectivity index (χ0n) is 23.6. The zero-order chi connectivity index (χ0) is 31.7. The van der Waals surface area contributed by atoms with Gasteiger partial charge in [-0.2, -0.15) is 18.3 Å². The van der Waals surface area contributed by atoms with Crippen molar-refractivity contribution < 1.29 is 32.7 Å². The summed E-state index contributed by atoms with van der Waals surface area (Å²) in [5.41, 5.74) is 2.82. The van der Waals surface area contributed by atoms with Gasteiger partial charge in [0, 0.05) is 43.1 Å². The summed E-state index contributed by atoms with van der Waals surface area (Å²) >= 11 is 5.68. The number of nitrogens with one attached hydrogen (secondary N) is 3. The van der Waals surface area contributed by atoms with E-state index in [1.807, 2.05) is 0 Å². The smallest absolute Gasteiger partial charge is 0.396 e. The van der Waals surface area contributed by atoms with E-state index in [0.717, 1.165) is 56.4 Å². The minimum Gasteiger partial charge on any atom is -0.396 e. The molecular formula is C31H31ClF3N5O4. The lowest BCUT2D eigenvalue weighted by Crippen LogP contribution is -2.30. The fraction of sp³-hybridized carbons (Fsp3) is 0.290. The first-order valence-electron chi connectivity index (χ1n) is 14.0. The first-order chi connectivity index (χ1) is 21.1. The predicted molar refractivity (Wildman–Crippen MR) is 162 cm³/mol. The standard InChI is InChI=1S/C31H31ClF3N5O4/c32-26-10-8-20(16-25(26)31(33,34)35)19-37-39-30(44)24-18-23(40-13-2-1-3-14-40)9-11-27(24)38-29(43)22-7-4-6-21(17-22)28(42)36-12-5-15-41/h4,6-11,16-19,41H,1-3,5,12-15H2,(H,36,42)(H,38,43)(H,39,44)/b37-19+. The van der Waals surface area contributed by atoms with Crippen LogP contribution in [0.3, 0.4) is 0 Å². The number of hydrogen-bond donors (Lipinski definition) is 4. The number of carbonyl (C=O) groups is 3. The third-order valence-electron chi connectivity index (χ3n) is 6.90. The summed E-state index contributed by atoms with van der Waals surface area (Å²) < 4.78 is 39.7. The summed E-state index contributed by atoms with van der Waals surface area (Å²) in [6.45, 7) is 1.81. The molecule has 1 heterocycles. The molecule has 0 aromatic heterocycles. The Morgan fingerprint density at radius 2 is 1.66 bits per heavy atom. The lowest BCUT2D eigenvalue weighted by atomic mass is 10.1. The van der Waals surface area contributed by atoms with Gasteiger partial charge < -0.3 is 20.6 Å². The van der Waals surface area contributed by atoms with E-state index in [9.17, 15) is 27.6 Å². The van der Waals surface area contributed by atoms with Crippen LogP contribution in [0.15, 0.2) is 65.8 Å². The van der Waals surface area contributed by atoms with Gasteiger partial charge in [0.15, 0.2) is 0 Å². The van der Waals surface area contributed by atoms with Crippen molar-refractivity contribution in [3.8, 4) is 0 Å². The number of hydrazone groups is 1. The second kappa shape index (κ2) is 14.8. The van der Waals surface area contributed by atoms with Crippen molar-refractivity contribution in [2.75, 3.05) is 36.5 Å². The van der Waals surface area contributed by atoms with E-state index in [1.165, 1.54) is 18.2 Å². The molecule has 0 radical (unpaired) electrons. The molecule has 1 aliphatic rings. The minimum absolute atomic E-state index is 0.0675. The van der Waals surface area contributed by atoms with Gasteiger partial charge in [0.1, 0.15) is 0 Å². The third kappa shape index (κ3) is 8.57. The molecule has 232 valence electrons. The maximum absolute atomic E-state index is 13.3. The Morgan fingerprint density at radius 3 is 2.36 bits per heavy atom. The summed E-state index contributed by atoms with van der Waals surface area (Å²) in [5, 5.41) is 17.7. The van der Waals surface area contributed by atoms with Crippen LogP contribution in [-0.2, 0) is 6.18 Å². The Hall–Kier alpha value is -4.42. The average Bonchev–Trinajstić information content (AvgIpc) is 3.02. The second-order valence-electron chi connectivity index (χ2n) is 10.1. The Bertz CT molecular complexity index is 1540. The minimum atomic E-state index is -4.66. The fourth-order valence-corrected chi connectivity index (χ4v) is 4.85. The van der Waals surface area contributed by atoms with Gasteiger partial charge in [-0.3, -0.25) is 14.4 Å². The molecule has 3 amide bonds. The van der Waals surface area contributed by atoms with Gasteiger partial charge in [-0.1, -0.05) is 23.7 Å². The molecule has 0 unspecified atom stereocenters. The van der Waals surface area contributed by atoms with E-state index in [0.29, 0.717) is 6.42 Å². The van der Waals surface area contributed by atoms with Crippen LogP contribution >= 0.6 is 11.6 Å². The van der Waals surface area contributed by atoms with Crippen LogP contribution in [0.4, 0.5) is 24.5 Å². The molecule has 1 fully saturated rings. The van der Waals surface area contributed by atoms with Crippen LogP contribution in [0.5, 0.6) is 0 Å². The maximum atomic E-state index is 13.3. The zero-order valence-corrected chi connectivity index (χ0v) is 24.3. The molecule has 0 spiro atoms. The van der Waals surface area contributed by atoms with Crippen LogP contribution in [-0.4, -0.2) is 55.3 Å². The van der Waals surface area contributed by atoms with E-state index in [-0.39, 0.29) is 41.1 Å². The van der Waals surface area contributed by atoms with E-state index in [2.05, 4.69) is 26.1 Å². The van der Waals surface area contributed by atoms with Crippen LogP contribution in [0.25, 0.3) is 0 Å². The molecule has 4 rings (SSSR count). The number of hydrogen-bond acceptors (Lipinski definition) is 6. The van der Waals surface area contributed by atoms with Crippen molar-refractivity contribution in [1.29, 1.82) is 0 Å². The number of nitrogens with zero attached hydrogens (tertiary/aromatic N) is 2. The van der Waals surface area contributed by atoms with Crippen molar-refractivity contribution in [3.05, 3.63) is 93.5 Å². The summed E-state index contributed by atoms with van der Waals surface area (Å²) in [7, 11) is 0. The molecule has 9 nitrogen and oxygen atoms in total. The monoisotopic (exact) mass is 629 g/mol. The first-order valence-corrected chi connectivity index (χ1v) is 14.3. The Labute approximate surface area is 257 Å². The van der Waals surface area contributed by atoms with Gasteiger partial charge in [0.05, 0.1) is 28.1 Å². The van der Waals surface area contributed by atoms with Gasteiger partial charge >= 0.3 is 6.18 Å². The number of halogens is 4. The number of carbonyl (C=O) groups excluding carboxylic acids is 3. The molecule has 0 aliphatic carbocycles.